The molecule has 0 bridgehead atoms. The first-order valence-electron chi connectivity index (χ1n) is 8.93. The van der Waals surface area contributed by atoms with Gasteiger partial charge in [-0.15, -0.1) is 16.4 Å². The maximum absolute atomic E-state index is 12.8. The molecule has 0 radical (unpaired) electrons. The topological polar surface area (TPSA) is 83.7 Å². The molecule has 2 aromatic carbocycles. The van der Waals surface area contributed by atoms with Gasteiger partial charge in [-0.25, -0.2) is 5.43 Å². The Hall–Kier alpha value is -3.71. The van der Waals surface area contributed by atoms with Gasteiger partial charge in [-0.1, -0.05) is 54.6 Å². The summed E-state index contributed by atoms with van der Waals surface area (Å²) in [7, 11) is 0. The summed E-state index contributed by atoms with van der Waals surface area (Å²) >= 11 is 1.30. The summed E-state index contributed by atoms with van der Waals surface area (Å²) < 4.78 is 5.80. The van der Waals surface area contributed by atoms with E-state index in [0.717, 1.165) is 10.9 Å². The summed E-state index contributed by atoms with van der Waals surface area (Å²) in [4.78, 5) is 25.5. The summed E-state index contributed by atoms with van der Waals surface area (Å²) in [5.74, 6) is -0.702. The number of hydrogen-bond donors (Lipinski definition) is 2. The number of thiophene rings is 1. The van der Waals surface area contributed by atoms with Crippen molar-refractivity contribution in [2.24, 2.45) is 5.10 Å². The number of hydrogen-bond acceptors (Lipinski definition) is 5. The maximum Gasteiger partial charge on any atom is 0.281 e. The first-order chi connectivity index (χ1) is 14.2. The van der Waals surface area contributed by atoms with Crippen LogP contribution in [0, 0.1) is 0 Å². The highest BCUT2D eigenvalue weighted by Gasteiger charge is 2.13. The number of fused-ring (bicyclic) bond motifs is 1. The van der Waals surface area contributed by atoms with E-state index in [2.05, 4.69) is 15.8 Å². The predicted octanol–water partition coefficient (Wildman–Crippen LogP) is 3.67. The molecule has 4 aromatic rings. The first-order valence-corrected chi connectivity index (χ1v) is 9.81. The van der Waals surface area contributed by atoms with E-state index in [0.29, 0.717) is 17.0 Å². The lowest BCUT2D eigenvalue weighted by Crippen LogP contribution is -2.30. The monoisotopic (exact) mass is 403 g/mol. The lowest BCUT2D eigenvalue weighted by molar-refractivity contribution is 0.0934. The molecule has 0 atom stereocenters. The van der Waals surface area contributed by atoms with Crippen LogP contribution in [0.25, 0.3) is 11.0 Å². The highest BCUT2D eigenvalue weighted by Crippen LogP contribution is 2.13. The van der Waals surface area contributed by atoms with Gasteiger partial charge in [0.2, 0.25) is 5.55 Å². The molecule has 0 saturated carbocycles. The van der Waals surface area contributed by atoms with Crippen LogP contribution >= 0.6 is 11.3 Å². The number of benzene rings is 2. The molecule has 2 amide bonds. The molecule has 144 valence electrons. The largest absolute Gasteiger partial charge is 0.436 e. The fourth-order valence-electron chi connectivity index (χ4n) is 2.75. The van der Waals surface area contributed by atoms with Crippen molar-refractivity contribution in [3.05, 3.63) is 99.7 Å². The second kappa shape index (κ2) is 8.53. The molecule has 6 nitrogen and oxygen atoms in total. The fraction of sp³-hybridized carbons (Fsp3) is 0.0455. The lowest BCUT2D eigenvalue weighted by atomic mass is 10.1. The van der Waals surface area contributed by atoms with Gasteiger partial charge in [0, 0.05) is 11.9 Å². The number of amides is 2. The molecular formula is C22H17N3O3S. The van der Waals surface area contributed by atoms with Crippen LogP contribution < -0.4 is 16.3 Å². The zero-order valence-corrected chi connectivity index (χ0v) is 16.1. The molecule has 2 heterocycles. The SMILES string of the molecule is O=C(N/N=c1\oc2ccccc2cc1C(=O)NCc1ccccc1)c1cccs1. The van der Waals surface area contributed by atoms with Gasteiger partial charge >= 0.3 is 0 Å². The molecule has 0 unspecified atom stereocenters. The summed E-state index contributed by atoms with van der Waals surface area (Å²) in [5.41, 5.74) is 4.28. The Balaban J connectivity index is 1.65. The third kappa shape index (κ3) is 4.41. The fourth-order valence-corrected chi connectivity index (χ4v) is 3.37. The number of carbonyl (C=O) groups excluding carboxylic acids is 2. The second-order valence-corrected chi connectivity index (χ2v) is 7.15. The Labute approximate surface area is 170 Å². The zero-order chi connectivity index (χ0) is 20.1. The predicted molar refractivity (Wildman–Crippen MR) is 111 cm³/mol. The molecule has 4 rings (SSSR count). The van der Waals surface area contributed by atoms with Gasteiger partial charge in [-0.2, -0.15) is 0 Å². The number of carbonyl (C=O) groups is 2. The minimum atomic E-state index is -0.362. The highest BCUT2D eigenvalue weighted by atomic mass is 32.1. The van der Waals surface area contributed by atoms with Gasteiger partial charge in [-0.05, 0) is 29.1 Å². The van der Waals surface area contributed by atoms with Crippen LogP contribution in [0.15, 0.2) is 87.7 Å². The average Bonchev–Trinajstić information content (AvgIpc) is 3.31. The Bertz CT molecular complexity index is 1220. The Morgan fingerprint density at radius 2 is 1.72 bits per heavy atom. The smallest absolute Gasteiger partial charge is 0.281 e. The molecule has 0 spiro atoms. The van der Waals surface area contributed by atoms with Crippen LogP contribution in [0.1, 0.15) is 25.6 Å². The third-order valence-corrected chi connectivity index (χ3v) is 5.07. The van der Waals surface area contributed by atoms with Gasteiger partial charge in [0.1, 0.15) is 11.1 Å². The summed E-state index contributed by atoms with van der Waals surface area (Å²) in [6.07, 6.45) is 0. The molecule has 0 aliphatic rings. The minimum absolute atomic E-state index is 0.0409. The minimum Gasteiger partial charge on any atom is -0.436 e. The van der Waals surface area contributed by atoms with Crippen molar-refractivity contribution in [2.75, 3.05) is 0 Å². The van der Waals surface area contributed by atoms with Crippen molar-refractivity contribution in [3.8, 4) is 0 Å². The standard InChI is InChI=1S/C22H17N3O3S/c26-20(23-14-15-7-2-1-3-8-15)17-13-16-9-4-5-10-18(16)28-22(17)25-24-21(27)19-11-6-12-29-19/h1-13H,14H2,(H,23,26)(H,24,27)/b25-22-. The lowest BCUT2D eigenvalue weighted by Gasteiger charge is -2.07. The van der Waals surface area contributed by atoms with Crippen molar-refractivity contribution < 1.29 is 14.0 Å². The highest BCUT2D eigenvalue weighted by molar-refractivity contribution is 7.12. The van der Waals surface area contributed by atoms with E-state index in [4.69, 9.17) is 4.42 Å². The molecule has 7 heteroatoms. The second-order valence-electron chi connectivity index (χ2n) is 6.20. The van der Waals surface area contributed by atoms with Gasteiger partial charge in [0.05, 0.1) is 4.88 Å². The Kier molecular flexibility index (Phi) is 5.49. The van der Waals surface area contributed by atoms with Crippen LogP contribution in [0.3, 0.4) is 0 Å². The van der Waals surface area contributed by atoms with Crippen LogP contribution in [0.2, 0.25) is 0 Å². The molecule has 0 aliphatic carbocycles. The van der Waals surface area contributed by atoms with Gasteiger partial charge < -0.3 is 9.73 Å². The van der Waals surface area contributed by atoms with Crippen LogP contribution in [-0.2, 0) is 6.54 Å². The van der Waals surface area contributed by atoms with E-state index in [9.17, 15) is 9.59 Å². The van der Waals surface area contributed by atoms with E-state index in [1.54, 1.807) is 29.6 Å². The van der Waals surface area contributed by atoms with Crippen molar-refractivity contribution in [1.29, 1.82) is 0 Å². The van der Waals surface area contributed by atoms with E-state index in [1.165, 1.54) is 11.3 Å². The van der Waals surface area contributed by atoms with Crippen molar-refractivity contribution in [2.45, 2.75) is 6.54 Å². The van der Waals surface area contributed by atoms with Crippen LogP contribution in [-0.4, -0.2) is 11.8 Å². The number of rotatable bonds is 5. The average molecular weight is 403 g/mol. The van der Waals surface area contributed by atoms with Crippen molar-refractivity contribution in [1.82, 2.24) is 10.7 Å². The van der Waals surface area contributed by atoms with Crippen molar-refractivity contribution >= 4 is 34.1 Å². The quantitative estimate of drug-likeness (QED) is 0.499. The van der Waals surface area contributed by atoms with Crippen molar-refractivity contribution in [3.63, 3.8) is 0 Å². The summed E-state index contributed by atoms with van der Waals surface area (Å²) in [5, 5.41) is 9.50. The van der Waals surface area contributed by atoms with Crippen LogP contribution in [0.5, 0.6) is 0 Å². The number of para-hydroxylation sites is 1. The third-order valence-electron chi connectivity index (χ3n) is 4.20. The molecular weight excluding hydrogens is 386 g/mol. The normalized spacial score (nSPS) is 11.4. The Morgan fingerprint density at radius 3 is 2.52 bits per heavy atom. The number of nitrogens with one attached hydrogen (secondary N) is 2. The zero-order valence-electron chi connectivity index (χ0n) is 15.3. The van der Waals surface area contributed by atoms with E-state index >= 15 is 0 Å². The molecule has 0 saturated heterocycles. The van der Waals surface area contributed by atoms with Crippen LogP contribution in [0.4, 0.5) is 0 Å². The first kappa shape index (κ1) is 18.6. The van der Waals surface area contributed by atoms with E-state index in [1.807, 2.05) is 48.5 Å². The summed E-state index contributed by atoms with van der Waals surface area (Å²) in [6.45, 7) is 0.369. The molecule has 2 aromatic heterocycles. The van der Waals surface area contributed by atoms with Gasteiger partial charge in [0.15, 0.2) is 0 Å². The van der Waals surface area contributed by atoms with E-state index in [-0.39, 0.29) is 22.9 Å². The molecule has 0 aliphatic heterocycles. The Morgan fingerprint density at radius 1 is 0.931 bits per heavy atom. The molecule has 2 N–H and O–H groups in total. The maximum atomic E-state index is 12.8. The molecule has 29 heavy (non-hydrogen) atoms. The van der Waals surface area contributed by atoms with Gasteiger partial charge in [0.25, 0.3) is 11.8 Å². The van der Waals surface area contributed by atoms with Gasteiger partial charge in [-0.3, -0.25) is 9.59 Å². The molecule has 0 fully saturated rings. The number of nitrogens with zero attached hydrogens (tertiary/aromatic N) is 1. The summed E-state index contributed by atoms with van der Waals surface area (Å²) in [6, 6.07) is 22.1. The van der Waals surface area contributed by atoms with E-state index < -0.39 is 0 Å².